The number of nitrogens with zero attached hydrogens (tertiary/aromatic N) is 4. The number of aromatic nitrogens is 4. The second kappa shape index (κ2) is 6.34. The number of nitrogens with one attached hydrogen (secondary N) is 1. The Balaban J connectivity index is 1.66. The second-order valence-corrected chi connectivity index (χ2v) is 6.72. The highest BCUT2D eigenvalue weighted by atomic mass is 32.1. The number of carboxylic acids is 1. The van der Waals surface area contributed by atoms with Crippen molar-refractivity contribution in [2.45, 2.75) is 6.36 Å². The van der Waals surface area contributed by atoms with Gasteiger partial charge in [-0.05, 0) is 18.2 Å². The first-order valence-corrected chi connectivity index (χ1v) is 8.50. The highest BCUT2D eigenvalue weighted by Crippen LogP contribution is 2.33. The Labute approximate surface area is 158 Å². The van der Waals surface area contributed by atoms with E-state index in [0.29, 0.717) is 32.5 Å². The average molecular weight is 409 g/mol. The molecule has 4 aromatic rings. The van der Waals surface area contributed by atoms with Crippen molar-refractivity contribution in [2.75, 3.05) is 5.32 Å². The summed E-state index contributed by atoms with van der Waals surface area (Å²) in [4.78, 5) is 23.8. The van der Waals surface area contributed by atoms with E-state index in [0.717, 1.165) is 11.3 Å². The fraction of sp³-hybridized carbons (Fsp3) is 0.125. The molecule has 12 heteroatoms. The largest absolute Gasteiger partial charge is 0.573 e. The SMILES string of the molecule is Cn1c(Nc2nc3ccc(OC(F)(F)F)cc3s2)nc2cc(C(=O)O)cnc21. The van der Waals surface area contributed by atoms with Gasteiger partial charge in [-0.25, -0.2) is 19.7 Å². The monoisotopic (exact) mass is 409 g/mol. The molecule has 0 saturated heterocycles. The molecular weight excluding hydrogens is 399 g/mol. The number of aromatic carboxylic acids is 1. The van der Waals surface area contributed by atoms with Gasteiger partial charge < -0.3 is 15.2 Å². The number of aryl methyl sites for hydroxylation is 1. The Morgan fingerprint density at radius 1 is 1.25 bits per heavy atom. The number of anilines is 2. The molecule has 2 N–H and O–H groups in total. The van der Waals surface area contributed by atoms with Crippen LogP contribution in [0.15, 0.2) is 30.5 Å². The number of alkyl halides is 3. The van der Waals surface area contributed by atoms with Crippen LogP contribution in [-0.4, -0.2) is 37.0 Å². The Morgan fingerprint density at radius 2 is 2.04 bits per heavy atom. The lowest BCUT2D eigenvalue weighted by atomic mass is 10.3. The summed E-state index contributed by atoms with van der Waals surface area (Å²) in [6, 6.07) is 5.26. The maximum Gasteiger partial charge on any atom is 0.573 e. The zero-order valence-corrected chi connectivity index (χ0v) is 14.8. The van der Waals surface area contributed by atoms with Crippen molar-refractivity contribution in [3.8, 4) is 5.75 Å². The number of hydrogen-bond acceptors (Lipinski definition) is 7. The predicted molar refractivity (Wildman–Crippen MR) is 95.1 cm³/mol. The van der Waals surface area contributed by atoms with Gasteiger partial charge in [-0.15, -0.1) is 13.2 Å². The lowest BCUT2D eigenvalue weighted by Gasteiger charge is -2.07. The molecule has 144 valence electrons. The van der Waals surface area contributed by atoms with Gasteiger partial charge in [-0.2, -0.15) is 0 Å². The summed E-state index contributed by atoms with van der Waals surface area (Å²) < 4.78 is 43.1. The molecule has 0 amide bonds. The van der Waals surface area contributed by atoms with Crippen LogP contribution in [0.4, 0.5) is 24.3 Å². The van der Waals surface area contributed by atoms with Gasteiger partial charge in [0, 0.05) is 19.3 Å². The van der Waals surface area contributed by atoms with Crippen LogP contribution in [0.2, 0.25) is 0 Å². The van der Waals surface area contributed by atoms with E-state index in [1.54, 1.807) is 11.6 Å². The van der Waals surface area contributed by atoms with E-state index in [4.69, 9.17) is 5.11 Å². The van der Waals surface area contributed by atoms with Gasteiger partial charge in [0.05, 0.1) is 15.8 Å². The van der Waals surface area contributed by atoms with Gasteiger partial charge in [-0.1, -0.05) is 11.3 Å². The van der Waals surface area contributed by atoms with E-state index in [1.165, 1.54) is 30.5 Å². The summed E-state index contributed by atoms with van der Waals surface area (Å²) in [6.45, 7) is 0. The molecular formula is C16H10F3N5O3S. The van der Waals surface area contributed by atoms with Gasteiger partial charge in [0.2, 0.25) is 5.95 Å². The molecule has 0 bridgehead atoms. The number of pyridine rings is 1. The molecule has 1 aromatic carbocycles. The Morgan fingerprint density at radius 3 is 2.75 bits per heavy atom. The fourth-order valence-corrected chi connectivity index (χ4v) is 3.44. The normalized spacial score (nSPS) is 11.9. The number of fused-ring (bicyclic) bond motifs is 2. The first kappa shape index (κ1) is 18.0. The Bertz CT molecular complexity index is 1220. The van der Waals surface area contributed by atoms with Crippen LogP contribution >= 0.6 is 11.3 Å². The zero-order chi connectivity index (χ0) is 20.1. The minimum atomic E-state index is -4.77. The first-order chi connectivity index (χ1) is 13.2. The molecule has 0 saturated carbocycles. The topological polar surface area (TPSA) is 102 Å². The number of carbonyl (C=O) groups is 1. The number of benzene rings is 1. The van der Waals surface area contributed by atoms with Crippen LogP contribution in [-0.2, 0) is 7.05 Å². The zero-order valence-electron chi connectivity index (χ0n) is 14.0. The third-order valence-electron chi connectivity index (χ3n) is 3.77. The fourth-order valence-electron chi connectivity index (χ4n) is 2.56. The molecule has 0 aliphatic heterocycles. The number of thiazole rings is 1. The molecule has 0 radical (unpaired) electrons. The van der Waals surface area contributed by atoms with Crippen molar-refractivity contribution in [3.05, 3.63) is 36.0 Å². The number of hydrogen-bond donors (Lipinski definition) is 2. The van der Waals surface area contributed by atoms with Crippen molar-refractivity contribution in [3.63, 3.8) is 0 Å². The predicted octanol–water partition coefficient (Wildman–Crippen LogP) is 3.92. The molecule has 0 aliphatic carbocycles. The van der Waals surface area contributed by atoms with Crippen molar-refractivity contribution < 1.29 is 27.8 Å². The van der Waals surface area contributed by atoms with Gasteiger partial charge in [0.1, 0.15) is 11.3 Å². The van der Waals surface area contributed by atoms with Gasteiger partial charge >= 0.3 is 12.3 Å². The average Bonchev–Trinajstić information content (AvgIpc) is 3.13. The van der Waals surface area contributed by atoms with E-state index in [1.807, 2.05) is 0 Å². The summed E-state index contributed by atoms with van der Waals surface area (Å²) in [5.41, 5.74) is 1.35. The van der Waals surface area contributed by atoms with Crippen molar-refractivity contribution >= 4 is 49.8 Å². The van der Waals surface area contributed by atoms with E-state index >= 15 is 0 Å². The molecule has 8 nitrogen and oxygen atoms in total. The molecule has 3 aromatic heterocycles. The molecule has 28 heavy (non-hydrogen) atoms. The summed E-state index contributed by atoms with van der Waals surface area (Å²) >= 11 is 1.12. The third kappa shape index (κ3) is 3.41. The van der Waals surface area contributed by atoms with Gasteiger partial charge in [0.25, 0.3) is 0 Å². The smallest absolute Gasteiger partial charge is 0.478 e. The van der Waals surface area contributed by atoms with Crippen molar-refractivity contribution in [2.24, 2.45) is 7.05 Å². The number of carboxylic acid groups (broad SMARTS) is 1. The van der Waals surface area contributed by atoms with E-state index in [2.05, 4.69) is 25.0 Å². The summed E-state index contributed by atoms with van der Waals surface area (Å²) in [5, 5.41) is 12.4. The number of rotatable bonds is 4. The number of ether oxygens (including phenoxy) is 1. The van der Waals surface area contributed by atoms with Gasteiger partial charge in [-0.3, -0.25) is 4.57 Å². The highest BCUT2D eigenvalue weighted by Gasteiger charge is 2.31. The maximum atomic E-state index is 12.4. The molecule has 0 fully saturated rings. The molecule has 4 rings (SSSR count). The first-order valence-electron chi connectivity index (χ1n) is 7.69. The van der Waals surface area contributed by atoms with Crippen LogP contribution in [0.25, 0.3) is 21.4 Å². The van der Waals surface area contributed by atoms with E-state index < -0.39 is 12.3 Å². The van der Waals surface area contributed by atoms with Crippen molar-refractivity contribution in [1.29, 1.82) is 0 Å². The third-order valence-corrected chi connectivity index (χ3v) is 4.70. The van der Waals surface area contributed by atoms with Crippen LogP contribution in [0.3, 0.4) is 0 Å². The van der Waals surface area contributed by atoms with Crippen LogP contribution in [0.1, 0.15) is 10.4 Å². The number of imidazole rings is 1. The standard InChI is InChI=1S/C16H10F3N5O3S/c1-24-12-10(4-7(6-20-12)13(25)26)21-14(24)23-15-22-9-3-2-8(5-11(9)28-15)27-16(17,18)19/h2-6H,1H3,(H,25,26)(H,21,22,23). The molecule has 3 heterocycles. The van der Waals surface area contributed by atoms with E-state index in [-0.39, 0.29) is 11.3 Å². The summed E-state index contributed by atoms with van der Waals surface area (Å²) in [7, 11) is 1.69. The Hall–Kier alpha value is -3.41. The lowest BCUT2D eigenvalue weighted by molar-refractivity contribution is -0.274. The van der Waals surface area contributed by atoms with Crippen LogP contribution in [0, 0.1) is 0 Å². The van der Waals surface area contributed by atoms with E-state index in [9.17, 15) is 18.0 Å². The number of halogens is 3. The molecule has 0 spiro atoms. The van der Waals surface area contributed by atoms with Gasteiger partial charge in [0.15, 0.2) is 10.8 Å². The minimum absolute atomic E-state index is 0.00864. The quantitative estimate of drug-likeness (QED) is 0.527. The van der Waals surface area contributed by atoms with Crippen LogP contribution < -0.4 is 10.1 Å². The second-order valence-electron chi connectivity index (χ2n) is 5.69. The summed E-state index contributed by atoms with van der Waals surface area (Å²) in [6.07, 6.45) is -3.54. The molecule has 0 aliphatic rings. The lowest BCUT2D eigenvalue weighted by Crippen LogP contribution is -2.16. The highest BCUT2D eigenvalue weighted by molar-refractivity contribution is 7.22. The van der Waals surface area contributed by atoms with Crippen molar-refractivity contribution in [1.82, 2.24) is 19.5 Å². The maximum absolute atomic E-state index is 12.4. The molecule has 0 atom stereocenters. The van der Waals surface area contributed by atoms with Crippen LogP contribution in [0.5, 0.6) is 5.75 Å². The summed E-state index contributed by atoms with van der Waals surface area (Å²) in [5.74, 6) is -1.09. The minimum Gasteiger partial charge on any atom is -0.478 e. The Kier molecular flexibility index (Phi) is 4.07. The molecule has 0 unspecified atom stereocenters.